The molecule has 2 heterocycles. The lowest BCUT2D eigenvalue weighted by Crippen LogP contribution is -2.13. The lowest BCUT2D eigenvalue weighted by Gasteiger charge is -2.19. The normalized spacial score (nSPS) is 12.0. The van der Waals surface area contributed by atoms with Gasteiger partial charge in [-0.2, -0.15) is 13.7 Å². The van der Waals surface area contributed by atoms with Crippen LogP contribution in [-0.4, -0.2) is 24.6 Å². The summed E-state index contributed by atoms with van der Waals surface area (Å²) in [5, 5.41) is 11.0. The third kappa shape index (κ3) is 3.71. The van der Waals surface area contributed by atoms with E-state index in [1.807, 2.05) is 18.4 Å². The van der Waals surface area contributed by atoms with Crippen molar-refractivity contribution in [3.05, 3.63) is 70.4 Å². The van der Waals surface area contributed by atoms with Crippen LogP contribution in [0.5, 0.6) is 5.75 Å². The fourth-order valence-corrected chi connectivity index (χ4v) is 5.23. The Labute approximate surface area is 206 Å². The summed E-state index contributed by atoms with van der Waals surface area (Å²) < 4.78 is 44.7. The number of rotatable bonds is 5. The highest BCUT2D eigenvalue weighted by atomic mass is 32.3. The predicted octanol–water partition coefficient (Wildman–Crippen LogP) is 5.81. The van der Waals surface area contributed by atoms with E-state index in [2.05, 4.69) is 11.1 Å². The van der Waals surface area contributed by atoms with Crippen LogP contribution < -0.4 is 10.2 Å². The van der Waals surface area contributed by atoms with Crippen molar-refractivity contribution in [2.45, 2.75) is 31.7 Å². The zero-order valence-electron chi connectivity index (χ0n) is 19.8. The van der Waals surface area contributed by atoms with Gasteiger partial charge in [0.1, 0.15) is 11.4 Å². The van der Waals surface area contributed by atoms with Gasteiger partial charge in [-0.25, -0.2) is 0 Å². The number of nitrogens with zero attached hydrogens (tertiary/aromatic N) is 2. The van der Waals surface area contributed by atoms with E-state index in [0.29, 0.717) is 61.9 Å². The molecule has 0 aliphatic rings. The van der Waals surface area contributed by atoms with E-state index in [-0.39, 0.29) is 11.5 Å². The van der Waals surface area contributed by atoms with E-state index in [0.717, 1.165) is 0 Å². The first-order chi connectivity index (χ1) is 17.1. The molecule has 0 unspecified atom stereocenters. The summed E-state index contributed by atoms with van der Waals surface area (Å²) in [6, 6.07) is 16.2. The maximum Gasteiger partial charge on any atom is 0.332 e. The van der Waals surface area contributed by atoms with E-state index in [4.69, 9.17) is 4.74 Å². The lowest BCUT2D eigenvalue weighted by atomic mass is 10.0. The molecule has 5 aromatic rings. The van der Waals surface area contributed by atoms with Crippen LogP contribution in [-0.2, 0) is 10.2 Å². The monoisotopic (exact) mass is 503 g/mol. The average molecular weight is 504 g/mol. The molecule has 1 N–H and O–H groups in total. The molecule has 0 fully saturated rings. The Morgan fingerprint density at radius 2 is 1.89 bits per heavy atom. The molecule has 0 aliphatic carbocycles. The van der Waals surface area contributed by atoms with Crippen LogP contribution >= 0.6 is 0 Å². The SMILES string of the molecule is CCOc1cc2c(=O)c3c4ccc(C#N)cc4[nH]c3n(C(C)C)c2cc1-c1cccc(S(=O)(=O)F)c1. The molecule has 0 amide bonds. The van der Waals surface area contributed by atoms with Crippen molar-refractivity contribution < 1.29 is 17.0 Å². The number of halogens is 1. The maximum atomic E-state index is 13.8. The number of aromatic amines is 1. The summed E-state index contributed by atoms with van der Waals surface area (Å²) in [6.07, 6.45) is 0. The van der Waals surface area contributed by atoms with E-state index in [9.17, 15) is 22.4 Å². The van der Waals surface area contributed by atoms with Gasteiger partial charge in [0, 0.05) is 22.5 Å². The summed E-state index contributed by atoms with van der Waals surface area (Å²) in [5.74, 6) is 0.386. The third-order valence-corrected chi connectivity index (χ3v) is 7.04. The second kappa shape index (κ2) is 8.50. The second-order valence-corrected chi connectivity index (χ2v) is 10.1. The molecular weight excluding hydrogens is 481 g/mol. The van der Waals surface area contributed by atoms with Crippen LogP contribution in [0.3, 0.4) is 0 Å². The van der Waals surface area contributed by atoms with Gasteiger partial charge in [0.15, 0.2) is 5.43 Å². The zero-order chi connectivity index (χ0) is 25.8. The zero-order valence-corrected chi connectivity index (χ0v) is 20.6. The first kappa shape index (κ1) is 23.6. The Balaban J connectivity index is 1.93. The van der Waals surface area contributed by atoms with Crippen LogP contribution in [0.2, 0.25) is 0 Å². The number of ether oxygens (including phenoxy) is 1. The number of hydrogen-bond acceptors (Lipinski definition) is 5. The lowest BCUT2D eigenvalue weighted by molar-refractivity contribution is 0.342. The smallest absolute Gasteiger partial charge is 0.332 e. The van der Waals surface area contributed by atoms with Gasteiger partial charge in [0.25, 0.3) is 0 Å². The van der Waals surface area contributed by atoms with E-state index in [1.54, 1.807) is 43.3 Å². The van der Waals surface area contributed by atoms with Gasteiger partial charge in [0.2, 0.25) is 0 Å². The van der Waals surface area contributed by atoms with Gasteiger partial charge < -0.3 is 14.3 Å². The Morgan fingerprint density at radius 3 is 2.56 bits per heavy atom. The molecule has 0 saturated carbocycles. The van der Waals surface area contributed by atoms with Crippen LogP contribution in [0.1, 0.15) is 32.4 Å². The summed E-state index contributed by atoms with van der Waals surface area (Å²) in [6.45, 7) is 6.09. The molecule has 3 aromatic carbocycles. The molecule has 2 aromatic heterocycles. The Hall–Kier alpha value is -4.16. The predicted molar refractivity (Wildman–Crippen MR) is 138 cm³/mol. The standard InChI is InChI=1S/C27H22FN3O4S/c1-4-35-24-13-21-23(12-20(24)17-6-5-7-18(11-17)36(28,33)34)31(15(2)3)27-25(26(21)32)19-9-8-16(14-29)10-22(19)30-27/h5-13,15,30H,4H2,1-3H3. The van der Waals surface area contributed by atoms with E-state index >= 15 is 0 Å². The second-order valence-electron chi connectivity index (χ2n) is 8.78. The number of pyridine rings is 1. The number of H-pyrrole nitrogens is 1. The van der Waals surface area contributed by atoms with Crippen LogP contribution in [0.4, 0.5) is 3.89 Å². The molecule has 9 heteroatoms. The summed E-state index contributed by atoms with van der Waals surface area (Å²) in [5.41, 5.74) is 3.16. The molecule has 36 heavy (non-hydrogen) atoms. The van der Waals surface area contributed by atoms with Crippen molar-refractivity contribution in [1.29, 1.82) is 5.26 Å². The van der Waals surface area contributed by atoms with Crippen molar-refractivity contribution in [2.75, 3.05) is 6.61 Å². The van der Waals surface area contributed by atoms with Gasteiger partial charge in [0.05, 0.1) is 39.4 Å². The molecule has 0 bridgehead atoms. The Morgan fingerprint density at radius 1 is 1.11 bits per heavy atom. The number of aromatic nitrogens is 2. The fourth-order valence-electron chi connectivity index (χ4n) is 4.72. The summed E-state index contributed by atoms with van der Waals surface area (Å²) in [4.78, 5) is 16.7. The quantitative estimate of drug-likeness (QED) is 0.305. The highest BCUT2D eigenvalue weighted by Gasteiger charge is 2.21. The topological polar surface area (TPSA) is 105 Å². The van der Waals surface area contributed by atoms with Crippen LogP contribution in [0, 0.1) is 11.3 Å². The van der Waals surface area contributed by atoms with Crippen molar-refractivity contribution in [3.8, 4) is 22.9 Å². The number of benzene rings is 3. The molecule has 0 saturated heterocycles. The number of nitriles is 1. The minimum Gasteiger partial charge on any atom is -0.493 e. The van der Waals surface area contributed by atoms with Crippen LogP contribution in [0.25, 0.3) is 44.0 Å². The van der Waals surface area contributed by atoms with Gasteiger partial charge >= 0.3 is 10.2 Å². The third-order valence-electron chi connectivity index (χ3n) is 6.22. The Bertz CT molecular complexity index is 1900. The highest BCUT2D eigenvalue weighted by Crippen LogP contribution is 2.37. The molecule has 182 valence electrons. The Kier molecular flexibility index (Phi) is 5.57. The minimum absolute atomic E-state index is 0.0672. The minimum atomic E-state index is -4.90. The highest BCUT2D eigenvalue weighted by molar-refractivity contribution is 7.86. The number of nitrogens with one attached hydrogen (secondary N) is 1. The maximum absolute atomic E-state index is 13.8. The van der Waals surface area contributed by atoms with Gasteiger partial charge in [-0.05, 0) is 62.7 Å². The van der Waals surface area contributed by atoms with Gasteiger partial charge in [-0.15, -0.1) is 3.89 Å². The fraction of sp³-hybridized carbons (Fsp3) is 0.185. The van der Waals surface area contributed by atoms with E-state index in [1.165, 1.54) is 18.2 Å². The molecule has 0 radical (unpaired) electrons. The molecular formula is C27H22FN3O4S. The first-order valence-electron chi connectivity index (χ1n) is 11.4. The van der Waals surface area contributed by atoms with Crippen molar-refractivity contribution >= 4 is 43.1 Å². The van der Waals surface area contributed by atoms with Crippen molar-refractivity contribution in [1.82, 2.24) is 9.55 Å². The van der Waals surface area contributed by atoms with Gasteiger partial charge in [-0.1, -0.05) is 18.2 Å². The number of hydrogen-bond donors (Lipinski definition) is 1. The molecule has 7 nitrogen and oxygen atoms in total. The van der Waals surface area contributed by atoms with Crippen molar-refractivity contribution in [3.63, 3.8) is 0 Å². The molecule has 0 aliphatic heterocycles. The van der Waals surface area contributed by atoms with Crippen LogP contribution in [0.15, 0.2) is 64.3 Å². The van der Waals surface area contributed by atoms with Crippen molar-refractivity contribution in [2.24, 2.45) is 0 Å². The molecule has 0 atom stereocenters. The number of fused-ring (bicyclic) bond motifs is 4. The average Bonchev–Trinajstić information content (AvgIpc) is 3.22. The largest absolute Gasteiger partial charge is 0.493 e. The van der Waals surface area contributed by atoms with E-state index < -0.39 is 15.1 Å². The summed E-state index contributed by atoms with van der Waals surface area (Å²) >= 11 is 0. The first-order valence-corrected chi connectivity index (χ1v) is 12.8. The molecule has 0 spiro atoms. The molecule has 5 rings (SSSR count). The summed E-state index contributed by atoms with van der Waals surface area (Å²) in [7, 11) is -4.90. The van der Waals surface area contributed by atoms with Gasteiger partial charge in [-0.3, -0.25) is 4.79 Å².